The van der Waals surface area contributed by atoms with Crippen molar-refractivity contribution in [2.75, 3.05) is 0 Å². The van der Waals surface area contributed by atoms with Gasteiger partial charge in [-0.3, -0.25) is 4.79 Å². The summed E-state index contributed by atoms with van der Waals surface area (Å²) < 4.78 is 9.88. The zero-order valence-corrected chi connectivity index (χ0v) is 10.2. The molecule has 0 radical (unpaired) electrons. The van der Waals surface area contributed by atoms with Gasteiger partial charge in [0.1, 0.15) is 12.2 Å². The Kier molecular flexibility index (Phi) is 4.88. The van der Waals surface area contributed by atoms with Crippen molar-refractivity contribution < 1.29 is 29.6 Å². The van der Waals surface area contributed by atoms with E-state index in [1.807, 2.05) is 13.8 Å². The summed E-state index contributed by atoms with van der Waals surface area (Å²) in [6.07, 6.45) is -5.34. The molecule has 5 atom stereocenters. The summed E-state index contributed by atoms with van der Waals surface area (Å²) in [5.74, 6) is -0.398. The smallest absolute Gasteiger partial charge is 0.303 e. The predicted molar refractivity (Wildman–Crippen MR) is 57.9 cm³/mol. The van der Waals surface area contributed by atoms with E-state index in [2.05, 4.69) is 0 Å². The van der Waals surface area contributed by atoms with Crippen LogP contribution in [0, 0.1) is 5.92 Å². The Labute approximate surface area is 100 Å². The van der Waals surface area contributed by atoms with Crippen molar-refractivity contribution in [3.05, 3.63) is 0 Å². The topological polar surface area (TPSA) is 96.2 Å². The van der Waals surface area contributed by atoms with Crippen molar-refractivity contribution in [2.24, 2.45) is 5.92 Å². The van der Waals surface area contributed by atoms with E-state index in [-0.39, 0.29) is 5.92 Å². The van der Waals surface area contributed by atoms with E-state index in [1.165, 1.54) is 0 Å². The number of aliphatic hydroxyl groups is 3. The lowest BCUT2D eigenvalue weighted by Crippen LogP contribution is -2.58. The van der Waals surface area contributed by atoms with Crippen molar-refractivity contribution >= 4 is 5.97 Å². The van der Waals surface area contributed by atoms with Crippen LogP contribution in [0.5, 0.6) is 0 Å². The van der Waals surface area contributed by atoms with Crippen molar-refractivity contribution in [1.29, 1.82) is 0 Å². The minimum absolute atomic E-state index is 0.249. The van der Waals surface area contributed by atoms with Gasteiger partial charge in [-0.25, -0.2) is 0 Å². The van der Waals surface area contributed by atoms with E-state index < -0.39 is 36.7 Å². The number of hydrogen-bond donors (Lipinski definition) is 3. The van der Waals surface area contributed by atoms with Gasteiger partial charge >= 0.3 is 5.97 Å². The van der Waals surface area contributed by atoms with Crippen LogP contribution in [0.2, 0.25) is 0 Å². The molecule has 1 heterocycles. The van der Waals surface area contributed by atoms with E-state index in [0.29, 0.717) is 6.42 Å². The summed E-state index contributed by atoms with van der Waals surface area (Å²) in [7, 11) is 0. The summed E-state index contributed by atoms with van der Waals surface area (Å²) in [6.45, 7) is 5.03. The molecule has 0 aliphatic carbocycles. The lowest BCUT2D eigenvalue weighted by atomic mass is 9.93. The van der Waals surface area contributed by atoms with Crippen molar-refractivity contribution in [1.82, 2.24) is 0 Å². The number of aliphatic hydroxyl groups excluding tert-OH is 3. The molecule has 3 N–H and O–H groups in total. The maximum absolute atomic E-state index is 10.8. The number of esters is 1. The van der Waals surface area contributed by atoms with E-state index in [0.717, 1.165) is 6.92 Å². The van der Waals surface area contributed by atoms with E-state index in [4.69, 9.17) is 9.47 Å². The van der Waals surface area contributed by atoms with Gasteiger partial charge in [0.25, 0.3) is 0 Å². The summed E-state index contributed by atoms with van der Waals surface area (Å²) >= 11 is 0. The van der Waals surface area contributed by atoms with Crippen molar-refractivity contribution in [3.63, 3.8) is 0 Å². The normalized spacial score (nSPS) is 38.2. The number of carbonyl (C=O) groups is 1. The SMILES string of the molecule is CC(=O)OC1C(O)OC(CC(C)C)C(O)C1O. The Morgan fingerprint density at radius 1 is 1.29 bits per heavy atom. The molecule has 1 rings (SSSR count). The molecule has 1 fully saturated rings. The standard InChI is InChI=1S/C11H20O6/c1-5(2)4-7-8(13)9(14)10(11(15)17-7)16-6(3)12/h5,7-11,13-15H,4H2,1-3H3. The maximum Gasteiger partial charge on any atom is 0.303 e. The Morgan fingerprint density at radius 3 is 2.35 bits per heavy atom. The summed E-state index contributed by atoms with van der Waals surface area (Å²) in [4.78, 5) is 10.8. The van der Waals surface area contributed by atoms with Gasteiger partial charge in [0.2, 0.25) is 0 Å². The number of hydrogen-bond acceptors (Lipinski definition) is 6. The zero-order valence-electron chi connectivity index (χ0n) is 10.2. The Morgan fingerprint density at radius 2 is 1.88 bits per heavy atom. The molecule has 17 heavy (non-hydrogen) atoms. The average molecular weight is 248 g/mol. The van der Waals surface area contributed by atoms with Crippen LogP contribution in [-0.4, -0.2) is 52.0 Å². The molecule has 6 nitrogen and oxygen atoms in total. The van der Waals surface area contributed by atoms with Gasteiger partial charge in [-0.05, 0) is 12.3 Å². The van der Waals surface area contributed by atoms with Crippen LogP contribution < -0.4 is 0 Å². The van der Waals surface area contributed by atoms with Crippen LogP contribution in [0.1, 0.15) is 27.2 Å². The fourth-order valence-electron chi connectivity index (χ4n) is 1.90. The molecule has 0 amide bonds. The molecule has 1 aliphatic rings. The summed E-state index contributed by atoms with van der Waals surface area (Å²) in [5.41, 5.74) is 0. The molecule has 0 spiro atoms. The molecule has 0 aromatic heterocycles. The van der Waals surface area contributed by atoms with Gasteiger partial charge in [-0.15, -0.1) is 0 Å². The second kappa shape index (κ2) is 5.77. The molecule has 5 unspecified atom stereocenters. The molecule has 0 aromatic rings. The highest BCUT2D eigenvalue weighted by molar-refractivity contribution is 5.66. The second-order valence-corrected chi connectivity index (χ2v) is 4.75. The first-order chi connectivity index (χ1) is 7.82. The third kappa shape index (κ3) is 3.64. The fourth-order valence-corrected chi connectivity index (χ4v) is 1.90. The number of ether oxygens (including phenoxy) is 2. The lowest BCUT2D eigenvalue weighted by molar-refractivity contribution is -0.288. The van der Waals surface area contributed by atoms with Gasteiger partial charge < -0.3 is 24.8 Å². The summed E-state index contributed by atoms with van der Waals surface area (Å²) in [5, 5.41) is 29.2. The molecule has 1 saturated heterocycles. The molecular formula is C11H20O6. The molecular weight excluding hydrogens is 228 g/mol. The Balaban J connectivity index is 2.69. The van der Waals surface area contributed by atoms with Crippen LogP contribution in [-0.2, 0) is 14.3 Å². The highest BCUT2D eigenvalue weighted by Gasteiger charge is 2.45. The highest BCUT2D eigenvalue weighted by Crippen LogP contribution is 2.26. The van der Waals surface area contributed by atoms with Gasteiger partial charge in [-0.2, -0.15) is 0 Å². The first-order valence-corrected chi connectivity index (χ1v) is 5.69. The van der Waals surface area contributed by atoms with E-state index >= 15 is 0 Å². The van der Waals surface area contributed by atoms with Crippen LogP contribution in [0.15, 0.2) is 0 Å². The third-order valence-electron chi connectivity index (χ3n) is 2.67. The molecule has 6 heteroatoms. The Bertz CT molecular complexity index is 267. The van der Waals surface area contributed by atoms with Gasteiger partial charge in [0.15, 0.2) is 12.4 Å². The number of carbonyl (C=O) groups excluding carboxylic acids is 1. The molecule has 0 bridgehead atoms. The van der Waals surface area contributed by atoms with Gasteiger partial charge in [-0.1, -0.05) is 13.8 Å². The first-order valence-electron chi connectivity index (χ1n) is 5.69. The zero-order chi connectivity index (χ0) is 13.2. The maximum atomic E-state index is 10.8. The van der Waals surface area contributed by atoms with Crippen molar-refractivity contribution in [3.8, 4) is 0 Å². The lowest BCUT2D eigenvalue weighted by Gasteiger charge is -2.40. The van der Waals surface area contributed by atoms with E-state index in [1.54, 1.807) is 0 Å². The fraction of sp³-hybridized carbons (Fsp3) is 0.909. The Hall–Kier alpha value is -0.690. The van der Waals surface area contributed by atoms with Crippen LogP contribution in [0.3, 0.4) is 0 Å². The molecule has 0 aromatic carbocycles. The minimum Gasteiger partial charge on any atom is -0.454 e. The largest absolute Gasteiger partial charge is 0.454 e. The van der Waals surface area contributed by atoms with Crippen LogP contribution >= 0.6 is 0 Å². The van der Waals surface area contributed by atoms with Crippen LogP contribution in [0.4, 0.5) is 0 Å². The monoisotopic (exact) mass is 248 g/mol. The minimum atomic E-state index is -1.42. The average Bonchev–Trinajstić information content (AvgIpc) is 2.20. The highest BCUT2D eigenvalue weighted by atomic mass is 16.7. The second-order valence-electron chi connectivity index (χ2n) is 4.75. The summed E-state index contributed by atoms with van der Waals surface area (Å²) in [6, 6.07) is 0. The molecule has 100 valence electrons. The third-order valence-corrected chi connectivity index (χ3v) is 2.67. The molecule has 1 aliphatic heterocycles. The van der Waals surface area contributed by atoms with E-state index in [9.17, 15) is 20.1 Å². The van der Waals surface area contributed by atoms with Crippen molar-refractivity contribution in [2.45, 2.75) is 57.9 Å². The van der Waals surface area contributed by atoms with Gasteiger partial charge in [0.05, 0.1) is 6.10 Å². The van der Waals surface area contributed by atoms with Gasteiger partial charge in [0, 0.05) is 6.92 Å². The van der Waals surface area contributed by atoms with Crippen LogP contribution in [0.25, 0.3) is 0 Å². The first kappa shape index (κ1) is 14.4. The predicted octanol–water partition coefficient (Wildman–Crippen LogP) is -0.597. The quantitative estimate of drug-likeness (QED) is 0.577. The number of rotatable bonds is 3. The molecule has 0 saturated carbocycles.